The number of aryl methyl sites for hydroxylation is 2. The molecule has 28 heavy (non-hydrogen) atoms. The molecule has 0 spiro atoms. The minimum absolute atomic E-state index is 0.141. The van der Waals surface area contributed by atoms with Crippen LogP contribution in [0.3, 0.4) is 0 Å². The van der Waals surface area contributed by atoms with Crippen LogP contribution in [-0.2, 0) is 5.75 Å². The summed E-state index contributed by atoms with van der Waals surface area (Å²) in [7, 11) is 0. The summed E-state index contributed by atoms with van der Waals surface area (Å²) in [6.07, 6.45) is 1.12. The Kier molecular flexibility index (Phi) is 6.53. The number of thioether (sulfide) groups is 1. The molecule has 0 radical (unpaired) electrons. The lowest BCUT2D eigenvalue weighted by atomic mass is 10.2. The SMILES string of the molecule is Cc1cc(C)nc(SCc2cc(=O)c(OC(=O)c3cc(Br)ccc3Cl)co2)n1. The van der Waals surface area contributed by atoms with Crippen LogP contribution in [0.1, 0.15) is 27.5 Å². The van der Waals surface area contributed by atoms with E-state index >= 15 is 0 Å². The van der Waals surface area contributed by atoms with E-state index in [4.69, 9.17) is 20.8 Å². The van der Waals surface area contributed by atoms with Crippen LogP contribution in [-0.4, -0.2) is 15.9 Å². The Morgan fingerprint density at radius 2 is 1.93 bits per heavy atom. The van der Waals surface area contributed by atoms with Gasteiger partial charge in [-0.2, -0.15) is 0 Å². The molecule has 0 saturated carbocycles. The van der Waals surface area contributed by atoms with E-state index < -0.39 is 11.4 Å². The van der Waals surface area contributed by atoms with Gasteiger partial charge in [0.2, 0.25) is 11.2 Å². The highest BCUT2D eigenvalue weighted by atomic mass is 79.9. The van der Waals surface area contributed by atoms with Gasteiger partial charge in [0.1, 0.15) is 12.0 Å². The number of aromatic nitrogens is 2. The molecule has 0 atom stereocenters. The zero-order valence-electron chi connectivity index (χ0n) is 14.9. The fraction of sp³-hybridized carbons (Fsp3) is 0.158. The summed E-state index contributed by atoms with van der Waals surface area (Å²) in [5.41, 5.74) is 1.40. The van der Waals surface area contributed by atoms with Crippen molar-refractivity contribution in [3.8, 4) is 5.75 Å². The van der Waals surface area contributed by atoms with Crippen molar-refractivity contribution in [2.24, 2.45) is 0 Å². The van der Waals surface area contributed by atoms with E-state index in [9.17, 15) is 9.59 Å². The minimum Gasteiger partial charge on any atom is -0.464 e. The Bertz CT molecular complexity index is 1080. The van der Waals surface area contributed by atoms with Crippen molar-refractivity contribution < 1.29 is 13.9 Å². The van der Waals surface area contributed by atoms with Crippen molar-refractivity contribution in [3.63, 3.8) is 0 Å². The second-order valence-electron chi connectivity index (χ2n) is 5.81. The van der Waals surface area contributed by atoms with E-state index in [1.54, 1.807) is 12.1 Å². The normalized spacial score (nSPS) is 10.7. The average Bonchev–Trinajstić information content (AvgIpc) is 2.63. The summed E-state index contributed by atoms with van der Waals surface area (Å²) in [5, 5.41) is 0.819. The number of nitrogens with zero attached hydrogens (tertiary/aromatic N) is 2. The third-order valence-corrected chi connectivity index (χ3v) is 5.20. The molecule has 2 heterocycles. The van der Waals surface area contributed by atoms with Gasteiger partial charge < -0.3 is 9.15 Å². The molecule has 144 valence electrons. The number of carbonyl (C=O) groups is 1. The third-order valence-electron chi connectivity index (χ3n) is 3.51. The quantitative estimate of drug-likeness (QED) is 0.289. The summed E-state index contributed by atoms with van der Waals surface area (Å²) in [5.74, 6) is -0.177. The molecule has 2 aromatic heterocycles. The molecule has 3 rings (SSSR count). The maximum atomic E-state index is 12.3. The van der Waals surface area contributed by atoms with Crippen LogP contribution in [0.5, 0.6) is 5.75 Å². The summed E-state index contributed by atoms with van der Waals surface area (Å²) < 4.78 is 11.2. The van der Waals surface area contributed by atoms with Gasteiger partial charge in [-0.05, 0) is 38.1 Å². The standard InChI is InChI=1S/C19H14BrClN2O4S/c1-10-5-11(2)23-19(22-10)28-9-13-7-16(24)17(8-26-13)27-18(25)14-6-12(20)3-4-15(14)21/h3-8H,9H2,1-2H3. The van der Waals surface area contributed by atoms with Gasteiger partial charge >= 0.3 is 5.97 Å². The van der Waals surface area contributed by atoms with E-state index in [0.29, 0.717) is 21.1 Å². The summed E-state index contributed by atoms with van der Waals surface area (Å²) in [6, 6.07) is 7.92. The number of hydrogen-bond acceptors (Lipinski definition) is 7. The van der Waals surface area contributed by atoms with Crippen molar-refractivity contribution in [2.75, 3.05) is 0 Å². The first-order valence-corrected chi connectivity index (χ1v) is 10.2. The number of halogens is 2. The number of benzene rings is 1. The average molecular weight is 482 g/mol. The number of hydrogen-bond donors (Lipinski definition) is 0. The molecule has 0 aliphatic rings. The maximum Gasteiger partial charge on any atom is 0.345 e. The molecule has 0 saturated heterocycles. The van der Waals surface area contributed by atoms with Gasteiger partial charge in [-0.25, -0.2) is 14.8 Å². The van der Waals surface area contributed by atoms with Crippen LogP contribution in [0.25, 0.3) is 0 Å². The van der Waals surface area contributed by atoms with E-state index in [1.165, 1.54) is 23.9 Å². The minimum atomic E-state index is -0.746. The lowest BCUT2D eigenvalue weighted by Crippen LogP contribution is -2.15. The largest absolute Gasteiger partial charge is 0.464 e. The van der Waals surface area contributed by atoms with Gasteiger partial charge in [-0.3, -0.25) is 4.79 Å². The molecule has 6 nitrogen and oxygen atoms in total. The third kappa shape index (κ3) is 5.21. The second kappa shape index (κ2) is 8.89. The second-order valence-corrected chi connectivity index (χ2v) is 8.08. The topological polar surface area (TPSA) is 82.3 Å². The Balaban J connectivity index is 1.71. The molecule has 0 aliphatic heterocycles. The molecule has 0 aliphatic carbocycles. The van der Waals surface area contributed by atoms with Crippen molar-refractivity contribution >= 4 is 45.3 Å². The fourth-order valence-corrected chi connectivity index (χ4v) is 3.69. The molecule has 1 aromatic carbocycles. The molecule has 3 aromatic rings. The van der Waals surface area contributed by atoms with Crippen LogP contribution in [0.2, 0.25) is 5.02 Å². The first kappa shape index (κ1) is 20.6. The van der Waals surface area contributed by atoms with Gasteiger partial charge in [0, 0.05) is 21.9 Å². The van der Waals surface area contributed by atoms with Crippen molar-refractivity contribution in [3.05, 3.63) is 79.0 Å². The monoisotopic (exact) mass is 480 g/mol. The molecule has 0 unspecified atom stereocenters. The van der Waals surface area contributed by atoms with Crippen molar-refractivity contribution in [1.29, 1.82) is 0 Å². The Hall–Kier alpha value is -2.16. The number of rotatable bonds is 5. The summed E-state index contributed by atoms with van der Waals surface area (Å²) in [4.78, 5) is 33.2. The first-order chi connectivity index (χ1) is 13.3. The Morgan fingerprint density at radius 1 is 1.21 bits per heavy atom. The van der Waals surface area contributed by atoms with Crippen LogP contribution in [0.4, 0.5) is 0 Å². The summed E-state index contributed by atoms with van der Waals surface area (Å²) in [6.45, 7) is 3.78. The summed E-state index contributed by atoms with van der Waals surface area (Å²) >= 11 is 10.6. The van der Waals surface area contributed by atoms with Gasteiger partial charge in [0.15, 0.2) is 5.16 Å². The molecule has 0 amide bonds. The first-order valence-electron chi connectivity index (χ1n) is 8.06. The van der Waals surface area contributed by atoms with Gasteiger partial charge in [-0.1, -0.05) is 39.3 Å². The lowest BCUT2D eigenvalue weighted by Gasteiger charge is -2.06. The van der Waals surface area contributed by atoms with Crippen LogP contribution < -0.4 is 10.2 Å². The smallest absolute Gasteiger partial charge is 0.345 e. The highest BCUT2D eigenvalue weighted by Gasteiger charge is 2.16. The van der Waals surface area contributed by atoms with Crippen LogP contribution in [0, 0.1) is 13.8 Å². The lowest BCUT2D eigenvalue weighted by molar-refractivity contribution is 0.0729. The van der Waals surface area contributed by atoms with Crippen LogP contribution in [0.15, 0.2) is 55.4 Å². The number of carbonyl (C=O) groups excluding carboxylic acids is 1. The van der Waals surface area contributed by atoms with Crippen molar-refractivity contribution in [2.45, 2.75) is 24.8 Å². The predicted molar refractivity (Wildman–Crippen MR) is 110 cm³/mol. The van der Waals surface area contributed by atoms with Crippen LogP contribution >= 0.6 is 39.3 Å². The highest BCUT2D eigenvalue weighted by Crippen LogP contribution is 2.23. The van der Waals surface area contributed by atoms with Gasteiger partial charge in [0.25, 0.3) is 0 Å². The van der Waals surface area contributed by atoms with Crippen molar-refractivity contribution in [1.82, 2.24) is 9.97 Å². The van der Waals surface area contributed by atoms with Gasteiger partial charge in [-0.15, -0.1) is 0 Å². The molecule has 9 heteroatoms. The molecular formula is C19H14BrClN2O4S. The molecule has 0 N–H and O–H groups in total. The molecule has 0 bridgehead atoms. The van der Waals surface area contributed by atoms with E-state index in [0.717, 1.165) is 17.7 Å². The fourth-order valence-electron chi connectivity index (χ4n) is 2.29. The number of ether oxygens (including phenoxy) is 1. The predicted octanol–water partition coefficient (Wildman–Crippen LogP) is 4.97. The van der Waals surface area contributed by atoms with Gasteiger partial charge in [0.05, 0.1) is 16.3 Å². The van der Waals surface area contributed by atoms with E-state index in [-0.39, 0.29) is 16.3 Å². The Morgan fingerprint density at radius 3 is 2.61 bits per heavy atom. The molecular weight excluding hydrogens is 468 g/mol. The Labute approximate surface area is 178 Å². The van der Waals surface area contributed by atoms with E-state index in [1.807, 2.05) is 19.9 Å². The zero-order valence-corrected chi connectivity index (χ0v) is 18.0. The zero-order chi connectivity index (χ0) is 20.3. The number of esters is 1. The highest BCUT2D eigenvalue weighted by molar-refractivity contribution is 9.10. The maximum absolute atomic E-state index is 12.3. The molecule has 0 fully saturated rings. The van der Waals surface area contributed by atoms with E-state index in [2.05, 4.69) is 25.9 Å².